The number of amides is 1. The number of piperidine rings is 1. The number of anilines is 2. The summed E-state index contributed by atoms with van der Waals surface area (Å²) in [4.78, 5) is 18.4. The molecule has 2 N–H and O–H groups in total. The third-order valence-corrected chi connectivity index (χ3v) is 6.35. The number of aromatic nitrogens is 1. The van der Waals surface area contributed by atoms with Crippen LogP contribution < -0.4 is 20.1 Å². The molecule has 36 heavy (non-hydrogen) atoms. The van der Waals surface area contributed by atoms with E-state index in [0.29, 0.717) is 41.2 Å². The predicted molar refractivity (Wildman–Crippen MR) is 136 cm³/mol. The second-order valence-electron chi connectivity index (χ2n) is 8.45. The van der Waals surface area contributed by atoms with Gasteiger partial charge in [0.2, 0.25) is 5.91 Å². The van der Waals surface area contributed by atoms with E-state index >= 15 is 0 Å². The molecule has 0 saturated carbocycles. The summed E-state index contributed by atoms with van der Waals surface area (Å²) >= 11 is 5.94. The number of carbonyl (C=O) groups excluding carboxylic acids is 1. The summed E-state index contributed by atoms with van der Waals surface area (Å²) < 4.78 is 26.5. The predicted octanol–water partition coefficient (Wildman–Crippen LogP) is 4.63. The molecule has 0 aliphatic carbocycles. The van der Waals surface area contributed by atoms with E-state index in [-0.39, 0.29) is 28.3 Å². The van der Waals surface area contributed by atoms with Crippen molar-refractivity contribution in [2.45, 2.75) is 25.9 Å². The smallest absolute Gasteiger partial charge is 0.234 e. The van der Waals surface area contributed by atoms with E-state index in [9.17, 15) is 14.4 Å². The molecule has 1 amide bonds. The Kier molecular flexibility index (Phi) is 8.08. The summed E-state index contributed by atoms with van der Waals surface area (Å²) in [5, 5.41) is 16.1. The summed E-state index contributed by atoms with van der Waals surface area (Å²) in [7, 11) is 1.55. The van der Waals surface area contributed by atoms with E-state index < -0.39 is 5.82 Å². The van der Waals surface area contributed by atoms with E-state index in [1.807, 2.05) is 6.92 Å². The highest BCUT2D eigenvalue weighted by Gasteiger charge is 2.24. The molecule has 2 heterocycles. The van der Waals surface area contributed by atoms with Gasteiger partial charge in [-0.15, -0.1) is 0 Å². The maximum atomic E-state index is 14.6. The number of ether oxygens (including phenoxy) is 2. The molecule has 2 aromatic carbocycles. The molecule has 188 valence electrons. The fourth-order valence-corrected chi connectivity index (χ4v) is 4.40. The third-order valence-electron chi connectivity index (χ3n) is 6.05. The second kappa shape index (κ2) is 11.4. The topological polar surface area (TPSA) is 99.5 Å². The minimum atomic E-state index is -0.614. The fraction of sp³-hybridized carbons (Fsp3) is 0.346. The van der Waals surface area contributed by atoms with Crippen LogP contribution in [0.1, 0.15) is 25.3 Å². The summed E-state index contributed by atoms with van der Waals surface area (Å²) in [5.41, 5.74) is 1.34. The van der Waals surface area contributed by atoms with Crippen molar-refractivity contribution >= 4 is 39.8 Å². The van der Waals surface area contributed by atoms with Crippen LogP contribution in [0.5, 0.6) is 11.5 Å². The molecule has 0 radical (unpaired) electrons. The van der Waals surface area contributed by atoms with Gasteiger partial charge in [-0.1, -0.05) is 17.7 Å². The zero-order valence-corrected chi connectivity index (χ0v) is 20.9. The molecule has 4 rings (SSSR count). The quantitative estimate of drug-likeness (QED) is 0.455. The first kappa shape index (κ1) is 25.5. The van der Waals surface area contributed by atoms with E-state index in [1.165, 1.54) is 12.3 Å². The molecule has 1 fully saturated rings. The lowest BCUT2D eigenvalue weighted by Gasteiger charge is -2.32. The van der Waals surface area contributed by atoms with Crippen molar-refractivity contribution in [1.82, 2.24) is 15.2 Å². The van der Waals surface area contributed by atoms with E-state index in [4.69, 9.17) is 21.1 Å². The first-order valence-corrected chi connectivity index (χ1v) is 12.1. The molecule has 8 nitrogen and oxygen atoms in total. The highest BCUT2D eigenvalue weighted by molar-refractivity contribution is 6.31. The highest BCUT2D eigenvalue weighted by atomic mass is 35.5. The number of halogens is 2. The van der Waals surface area contributed by atoms with Gasteiger partial charge in [0.05, 0.1) is 41.1 Å². The SMILES string of the molecule is CCNC(=O)CN1CCC(Oc2cc3c(Nc4cccc(Cl)c4F)c(C#N)cnc3cc2OC)CC1. The number of fused-ring (bicyclic) bond motifs is 1. The number of nitrogens with one attached hydrogen (secondary N) is 2. The van der Waals surface area contributed by atoms with Crippen molar-refractivity contribution in [2.75, 3.05) is 38.6 Å². The van der Waals surface area contributed by atoms with Gasteiger partial charge in [0.25, 0.3) is 0 Å². The Hall–Kier alpha value is -3.61. The van der Waals surface area contributed by atoms with Crippen LogP contribution in [-0.2, 0) is 4.79 Å². The molecular formula is C26H27ClFN5O3. The number of rotatable bonds is 8. The monoisotopic (exact) mass is 511 g/mol. The molecule has 3 aromatic rings. The molecule has 1 aliphatic heterocycles. The van der Waals surface area contributed by atoms with Crippen molar-refractivity contribution in [3.8, 4) is 17.6 Å². The highest BCUT2D eigenvalue weighted by Crippen LogP contribution is 2.39. The Morgan fingerprint density at radius 1 is 1.31 bits per heavy atom. The Balaban J connectivity index is 1.61. The number of likely N-dealkylation sites (tertiary alicyclic amines) is 1. The van der Waals surface area contributed by atoms with Gasteiger partial charge in [0.15, 0.2) is 17.3 Å². The Morgan fingerprint density at radius 3 is 2.78 bits per heavy atom. The van der Waals surface area contributed by atoms with E-state index in [1.54, 1.807) is 31.4 Å². The van der Waals surface area contributed by atoms with Gasteiger partial charge in [-0.2, -0.15) is 5.26 Å². The number of nitriles is 1. The van der Waals surface area contributed by atoms with Crippen molar-refractivity contribution in [3.05, 3.63) is 52.9 Å². The summed E-state index contributed by atoms with van der Waals surface area (Å²) in [6.45, 7) is 4.36. The van der Waals surface area contributed by atoms with E-state index in [0.717, 1.165) is 25.9 Å². The number of nitrogens with zero attached hydrogens (tertiary/aromatic N) is 3. The largest absolute Gasteiger partial charge is 0.493 e. The molecule has 0 atom stereocenters. The molecule has 1 aliphatic rings. The minimum Gasteiger partial charge on any atom is -0.493 e. The third kappa shape index (κ3) is 5.61. The Bertz CT molecular complexity index is 1300. The van der Waals surface area contributed by atoms with Crippen molar-refractivity contribution in [2.24, 2.45) is 0 Å². The maximum absolute atomic E-state index is 14.6. The van der Waals surface area contributed by atoms with Crippen LogP contribution in [0.3, 0.4) is 0 Å². The molecule has 0 spiro atoms. The number of hydrogen-bond acceptors (Lipinski definition) is 7. The van der Waals surface area contributed by atoms with Crippen molar-refractivity contribution in [1.29, 1.82) is 5.26 Å². The summed E-state index contributed by atoms with van der Waals surface area (Å²) in [6.07, 6.45) is 2.85. The standard InChI is InChI=1S/C26H27ClFN5O3/c1-3-30-24(34)15-33-9-7-17(8-10-33)36-23-11-18-21(12-22(23)35-2)31-14-16(13-29)26(18)32-20-6-4-5-19(27)25(20)28/h4-6,11-12,14,17H,3,7-10,15H2,1-2H3,(H,30,34)(H,31,32). The van der Waals surface area contributed by atoms with Crippen LogP contribution in [0, 0.1) is 17.1 Å². The average Bonchev–Trinajstić information content (AvgIpc) is 2.88. The number of likely N-dealkylation sites (N-methyl/N-ethyl adjacent to an activating group) is 1. The van der Waals surface area contributed by atoms with Crippen molar-refractivity contribution in [3.63, 3.8) is 0 Å². The van der Waals surface area contributed by atoms with Crippen molar-refractivity contribution < 1.29 is 18.7 Å². The van der Waals surface area contributed by atoms with Gasteiger partial charge in [0, 0.05) is 37.3 Å². The zero-order chi connectivity index (χ0) is 25.7. The van der Waals surface area contributed by atoms with Crippen LogP contribution >= 0.6 is 11.6 Å². The van der Waals surface area contributed by atoms with Gasteiger partial charge in [0.1, 0.15) is 12.2 Å². The van der Waals surface area contributed by atoms with Crippen LogP contribution in [0.25, 0.3) is 10.9 Å². The number of methoxy groups -OCH3 is 1. The number of pyridine rings is 1. The van der Waals surface area contributed by atoms with Gasteiger partial charge in [-0.25, -0.2) is 4.39 Å². The van der Waals surface area contributed by atoms with Crippen LogP contribution in [0.2, 0.25) is 5.02 Å². The average molecular weight is 512 g/mol. The Labute approximate surface area is 214 Å². The maximum Gasteiger partial charge on any atom is 0.234 e. The summed E-state index contributed by atoms with van der Waals surface area (Å²) in [6, 6.07) is 10.2. The van der Waals surface area contributed by atoms with Gasteiger partial charge in [-0.05, 0) is 38.0 Å². The molecule has 1 aromatic heterocycles. The zero-order valence-electron chi connectivity index (χ0n) is 20.1. The lowest BCUT2D eigenvalue weighted by molar-refractivity contribution is -0.122. The summed E-state index contributed by atoms with van der Waals surface area (Å²) in [5.74, 6) is 0.408. The number of carbonyl (C=O) groups is 1. The molecule has 1 saturated heterocycles. The molecule has 0 bridgehead atoms. The number of benzene rings is 2. The lowest BCUT2D eigenvalue weighted by Crippen LogP contribution is -2.43. The van der Waals surface area contributed by atoms with Gasteiger partial charge in [-0.3, -0.25) is 14.7 Å². The normalized spacial score (nSPS) is 14.3. The van der Waals surface area contributed by atoms with E-state index in [2.05, 4.69) is 26.6 Å². The Morgan fingerprint density at radius 2 is 2.08 bits per heavy atom. The van der Waals surface area contributed by atoms with Crippen LogP contribution in [-0.4, -0.2) is 55.2 Å². The minimum absolute atomic E-state index is 0.0185. The number of hydrogen-bond donors (Lipinski definition) is 2. The van der Waals surface area contributed by atoms with Crippen LogP contribution in [0.15, 0.2) is 36.5 Å². The molecular weight excluding hydrogens is 485 g/mol. The van der Waals surface area contributed by atoms with Gasteiger partial charge < -0.3 is 20.1 Å². The lowest BCUT2D eigenvalue weighted by atomic mass is 10.1. The second-order valence-corrected chi connectivity index (χ2v) is 8.86. The van der Waals surface area contributed by atoms with Crippen LogP contribution in [0.4, 0.5) is 15.8 Å². The molecule has 10 heteroatoms. The first-order chi connectivity index (χ1) is 17.4. The fourth-order valence-electron chi connectivity index (χ4n) is 4.23. The van der Waals surface area contributed by atoms with Gasteiger partial charge >= 0.3 is 0 Å². The molecule has 0 unspecified atom stereocenters. The first-order valence-electron chi connectivity index (χ1n) is 11.7.